The number of carbonyl (C=O) groups excluding carboxylic acids is 2. The van der Waals surface area contributed by atoms with E-state index in [1.165, 1.54) is 11.8 Å². The molecule has 0 bridgehead atoms. The molecular formula is C24H34N6O3S. The topological polar surface area (TPSA) is 101 Å². The van der Waals surface area contributed by atoms with Crippen molar-refractivity contribution >= 4 is 35.3 Å². The number of carbonyl (C=O) groups is 2. The highest BCUT2D eigenvalue weighted by molar-refractivity contribution is 7.99. The molecule has 3 amide bonds. The van der Waals surface area contributed by atoms with Gasteiger partial charge in [0.2, 0.25) is 11.9 Å². The molecule has 1 aromatic heterocycles. The van der Waals surface area contributed by atoms with E-state index in [9.17, 15) is 9.59 Å². The summed E-state index contributed by atoms with van der Waals surface area (Å²) >= 11 is 1.29. The average molecular weight is 487 g/mol. The van der Waals surface area contributed by atoms with E-state index in [1.54, 1.807) is 0 Å². The summed E-state index contributed by atoms with van der Waals surface area (Å²) in [6.07, 6.45) is 4.47. The number of ether oxygens (including phenoxy) is 1. The molecule has 0 spiro atoms. The second-order valence-electron chi connectivity index (χ2n) is 9.31. The monoisotopic (exact) mass is 486 g/mol. The van der Waals surface area contributed by atoms with E-state index in [2.05, 4.69) is 37.2 Å². The average Bonchev–Trinajstić information content (AvgIpc) is 3.45. The summed E-state index contributed by atoms with van der Waals surface area (Å²) in [5.41, 5.74) is 2.74. The number of anilines is 2. The first-order chi connectivity index (χ1) is 16.4. The third-order valence-corrected chi connectivity index (χ3v) is 7.36. The summed E-state index contributed by atoms with van der Waals surface area (Å²) in [6, 6.07) is 5.19. The smallest absolute Gasteiger partial charge is 0.325 e. The molecule has 2 N–H and O–H groups in total. The third kappa shape index (κ3) is 6.29. The molecule has 3 heterocycles. The fourth-order valence-electron chi connectivity index (χ4n) is 4.38. The fraction of sp³-hybridized carbons (Fsp3) is 0.583. The van der Waals surface area contributed by atoms with Crippen LogP contribution in [0.5, 0.6) is 0 Å². The number of rotatable bonds is 7. The molecule has 1 atom stereocenters. The minimum Gasteiger partial charge on any atom is -0.376 e. The SMILES string of the molecule is Cc1ccc(NC(=O)NC(=O)CSc2nnc(N3CCC(C)CC3)n2CC2CCCO2)c(C)c1. The molecule has 2 saturated heterocycles. The van der Waals surface area contributed by atoms with Crippen molar-refractivity contribution in [1.29, 1.82) is 0 Å². The molecule has 1 aromatic carbocycles. The normalized spacial score (nSPS) is 18.8. The predicted octanol–water partition coefficient (Wildman–Crippen LogP) is 3.75. The summed E-state index contributed by atoms with van der Waals surface area (Å²) in [5, 5.41) is 14.7. The number of amides is 3. The zero-order valence-corrected chi connectivity index (χ0v) is 21.0. The maximum absolute atomic E-state index is 12.5. The van der Waals surface area contributed by atoms with Crippen molar-refractivity contribution in [1.82, 2.24) is 20.1 Å². The molecule has 9 nitrogen and oxygen atoms in total. The van der Waals surface area contributed by atoms with Gasteiger partial charge >= 0.3 is 6.03 Å². The molecular weight excluding hydrogens is 452 g/mol. The summed E-state index contributed by atoms with van der Waals surface area (Å²) in [7, 11) is 0. The zero-order chi connectivity index (χ0) is 24.1. The molecule has 4 rings (SSSR count). The van der Waals surface area contributed by atoms with Gasteiger partial charge in [0.05, 0.1) is 18.4 Å². The van der Waals surface area contributed by atoms with Gasteiger partial charge in [-0.1, -0.05) is 36.4 Å². The van der Waals surface area contributed by atoms with Gasteiger partial charge in [-0.2, -0.15) is 0 Å². The highest BCUT2D eigenvalue weighted by Crippen LogP contribution is 2.28. The molecule has 2 aliphatic heterocycles. The van der Waals surface area contributed by atoms with Crippen molar-refractivity contribution in [3.05, 3.63) is 29.3 Å². The zero-order valence-electron chi connectivity index (χ0n) is 20.2. The van der Waals surface area contributed by atoms with Crippen LogP contribution in [0.3, 0.4) is 0 Å². The van der Waals surface area contributed by atoms with Gasteiger partial charge in [0.1, 0.15) is 0 Å². The number of thioether (sulfide) groups is 1. The lowest BCUT2D eigenvalue weighted by Crippen LogP contribution is -2.36. The molecule has 1 unspecified atom stereocenters. The van der Waals surface area contributed by atoms with Crippen molar-refractivity contribution in [2.24, 2.45) is 5.92 Å². The van der Waals surface area contributed by atoms with E-state index in [0.29, 0.717) is 17.4 Å². The number of aromatic nitrogens is 3. The lowest BCUT2D eigenvalue weighted by molar-refractivity contribution is -0.117. The first-order valence-corrected chi connectivity index (χ1v) is 13.0. The second kappa shape index (κ2) is 11.2. The molecule has 34 heavy (non-hydrogen) atoms. The quantitative estimate of drug-likeness (QED) is 0.575. The van der Waals surface area contributed by atoms with Crippen LogP contribution in [-0.2, 0) is 16.1 Å². The van der Waals surface area contributed by atoms with Crippen LogP contribution in [-0.4, -0.2) is 58.3 Å². The third-order valence-electron chi connectivity index (χ3n) is 6.39. The first kappa shape index (κ1) is 24.5. The van der Waals surface area contributed by atoms with Crippen LogP contribution in [0.4, 0.5) is 16.4 Å². The van der Waals surface area contributed by atoms with E-state index in [-0.39, 0.29) is 17.8 Å². The molecule has 184 valence electrons. The minimum absolute atomic E-state index is 0.0704. The Morgan fingerprint density at radius 3 is 2.68 bits per heavy atom. The fourth-order valence-corrected chi connectivity index (χ4v) is 5.13. The molecule has 2 fully saturated rings. The number of hydrogen-bond donors (Lipinski definition) is 2. The van der Waals surface area contributed by atoms with E-state index in [0.717, 1.165) is 68.4 Å². The molecule has 2 aromatic rings. The maximum atomic E-state index is 12.5. The van der Waals surface area contributed by atoms with Crippen LogP contribution in [0.2, 0.25) is 0 Å². The Labute approximate surface area is 205 Å². The lowest BCUT2D eigenvalue weighted by Gasteiger charge is -2.31. The molecule has 0 radical (unpaired) electrons. The molecule has 0 aliphatic carbocycles. The summed E-state index contributed by atoms with van der Waals surface area (Å²) in [5.74, 6) is 1.25. The highest BCUT2D eigenvalue weighted by Gasteiger charge is 2.26. The number of benzene rings is 1. The van der Waals surface area contributed by atoms with Gasteiger partial charge in [-0.05, 0) is 57.1 Å². The summed E-state index contributed by atoms with van der Waals surface area (Å²) < 4.78 is 7.94. The van der Waals surface area contributed by atoms with Crippen LogP contribution in [0, 0.1) is 19.8 Å². The Hall–Kier alpha value is -2.59. The van der Waals surface area contributed by atoms with Gasteiger partial charge < -0.3 is 15.0 Å². The second-order valence-corrected chi connectivity index (χ2v) is 10.2. The Morgan fingerprint density at radius 2 is 1.97 bits per heavy atom. The number of hydrogen-bond acceptors (Lipinski definition) is 7. The number of urea groups is 1. The van der Waals surface area contributed by atoms with Crippen LogP contribution >= 0.6 is 11.8 Å². The maximum Gasteiger partial charge on any atom is 0.325 e. The van der Waals surface area contributed by atoms with Gasteiger partial charge in [-0.3, -0.25) is 14.7 Å². The Morgan fingerprint density at radius 1 is 1.18 bits per heavy atom. The molecule has 10 heteroatoms. The van der Waals surface area contributed by atoms with Crippen molar-refractivity contribution in [2.45, 2.75) is 64.3 Å². The van der Waals surface area contributed by atoms with Gasteiger partial charge in [0.25, 0.3) is 0 Å². The predicted molar refractivity (Wildman–Crippen MR) is 133 cm³/mol. The van der Waals surface area contributed by atoms with E-state index in [4.69, 9.17) is 4.74 Å². The van der Waals surface area contributed by atoms with Gasteiger partial charge in [-0.15, -0.1) is 10.2 Å². The van der Waals surface area contributed by atoms with Crippen LogP contribution in [0.15, 0.2) is 23.4 Å². The number of nitrogens with one attached hydrogen (secondary N) is 2. The number of nitrogens with zero attached hydrogens (tertiary/aromatic N) is 4. The Kier molecular flexibility index (Phi) is 8.10. The van der Waals surface area contributed by atoms with Gasteiger partial charge in [-0.25, -0.2) is 4.79 Å². The number of imide groups is 1. The Bertz CT molecular complexity index is 1010. The van der Waals surface area contributed by atoms with Gasteiger partial charge in [0, 0.05) is 25.4 Å². The largest absolute Gasteiger partial charge is 0.376 e. The van der Waals surface area contributed by atoms with Crippen molar-refractivity contribution in [2.75, 3.05) is 35.7 Å². The van der Waals surface area contributed by atoms with Crippen molar-refractivity contribution in [3.63, 3.8) is 0 Å². The first-order valence-electron chi connectivity index (χ1n) is 12.0. The van der Waals surface area contributed by atoms with E-state index < -0.39 is 6.03 Å². The van der Waals surface area contributed by atoms with Crippen molar-refractivity contribution in [3.8, 4) is 0 Å². The van der Waals surface area contributed by atoms with Crippen LogP contribution in [0.1, 0.15) is 43.7 Å². The lowest BCUT2D eigenvalue weighted by atomic mass is 10.00. The highest BCUT2D eigenvalue weighted by atomic mass is 32.2. The Balaban J connectivity index is 1.37. The van der Waals surface area contributed by atoms with Gasteiger partial charge in [0.15, 0.2) is 5.16 Å². The standard InChI is InChI=1S/C24H34N6O3S/c1-16-8-10-29(11-9-16)23-27-28-24(30(23)14-19-5-4-12-33-19)34-15-21(31)26-22(32)25-20-7-6-17(2)13-18(20)3/h6-7,13,16,19H,4-5,8-12,14-15H2,1-3H3,(H2,25,26,31,32). The number of piperidine rings is 1. The van der Waals surface area contributed by atoms with E-state index in [1.807, 2.05) is 32.0 Å². The molecule has 0 saturated carbocycles. The molecule has 2 aliphatic rings. The van der Waals surface area contributed by atoms with Crippen LogP contribution in [0.25, 0.3) is 0 Å². The summed E-state index contributed by atoms with van der Waals surface area (Å²) in [4.78, 5) is 27.0. The summed E-state index contributed by atoms with van der Waals surface area (Å²) in [6.45, 7) is 9.55. The minimum atomic E-state index is -0.540. The van der Waals surface area contributed by atoms with E-state index >= 15 is 0 Å². The number of aryl methyl sites for hydroxylation is 2. The van der Waals surface area contributed by atoms with Crippen molar-refractivity contribution < 1.29 is 14.3 Å². The van der Waals surface area contributed by atoms with Crippen LogP contribution < -0.4 is 15.5 Å².